The van der Waals surface area contributed by atoms with Gasteiger partial charge in [0.25, 0.3) is 5.91 Å². The van der Waals surface area contributed by atoms with Crippen LogP contribution in [-0.2, 0) is 67.2 Å². The number of primary amides is 1. The molecule has 0 radical (unpaired) electrons. The number of aliphatic carboxylic acids is 1. The molecule has 28 nitrogen and oxygen atoms in total. The van der Waals surface area contributed by atoms with Crippen molar-refractivity contribution in [2.24, 2.45) is 39.9 Å². The number of hydrogen-bond donors (Lipinski definition) is 12. The summed E-state index contributed by atoms with van der Waals surface area (Å²) in [6, 6.07) is 10.1. The number of phenols is 1. The van der Waals surface area contributed by atoms with Crippen molar-refractivity contribution >= 4 is 81.8 Å². The first kappa shape index (κ1) is 72.9. The van der Waals surface area contributed by atoms with Gasteiger partial charge in [-0.1, -0.05) is 84.0 Å². The lowest BCUT2D eigenvalue weighted by molar-refractivity contribution is -0.142. The number of carboxylic acid groups (broad SMARTS) is 1. The number of nitrogens with two attached hydrogens (primary N) is 3. The molecule has 506 valence electrons. The van der Waals surface area contributed by atoms with Crippen molar-refractivity contribution in [1.82, 2.24) is 46.8 Å². The highest BCUT2D eigenvalue weighted by molar-refractivity contribution is 6.06. The molecule has 6 rings (SSSR count). The van der Waals surface area contributed by atoms with Crippen molar-refractivity contribution in [3.8, 4) is 5.75 Å². The Morgan fingerprint density at radius 3 is 1.91 bits per heavy atom. The van der Waals surface area contributed by atoms with E-state index in [4.69, 9.17) is 21.6 Å². The number of rotatable bonds is 34. The van der Waals surface area contributed by atoms with Crippen molar-refractivity contribution in [2.75, 3.05) is 18.0 Å². The van der Waals surface area contributed by atoms with Crippen molar-refractivity contribution < 1.29 is 62.6 Å². The third kappa shape index (κ3) is 21.5. The van der Waals surface area contributed by atoms with E-state index < -0.39 is 132 Å². The number of hydrogen-bond acceptors (Lipinski definition) is 15. The molecule has 94 heavy (non-hydrogen) atoms. The first-order chi connectivity index (χ1) is 44.6. The predicted molar refractivity (Wildman–Crippen MR) is 349 cm³/mol. The maximum absolute atomic E-state index is 15.3. The molecule has 5 aromatic rings. The van der Waals surface area contributed by atoms with Crippen molar-refractivity contribution in [2.45, 2.75) is 167 Å². The summed E-state index contributed by atoms with van der Waals surface area (Å²) in [7, 11) is 0. The standard InChI is InChI=1S/C66H88N14O14/c1-36(2)27-47(59(87)75-48(28-37(3)4)62(90)78-57(38(5)6)65(93)80(52(58(67)86)31-41-17-20-44(81)21-18-41)43-19-22-45-39(7)29-56(85)94-53(45)33-43)74-61(89)50(32-42-34-70-35-72-42)76-60(88)49(30-40-13-9-8-10-14-40)77-63(91)51-16-12-26-79(51)64(92)46(15-11-25-71-66(68)69)73-54(82)23-24-55(83)84/h8-10,13-14,17-22,29,33-38,46-52,57,81H,11-12,15-16,23-28,30-32H2,1-7H3,(H2,67,86)(H,70,72)(H,73,82)(H,74,89)(H,75,87)(H,76,88)(H,77,91)(H,78,90)(H,83,84)(H4,68,69,71)/t46-,47-,48-,49-,50-,51-,52-,57-/m0/s1. The summed E-state index contributed by atoms with van der Waals surface area (Å²) < 4.78 is 5.54. The van der Waals surface area contributed by atoms with Gasteiger partial charge in [0, 0.05) is 73.9 Å². The molecular weight excluding hydrogens is 1210 g/mol. The summed E-state index contributed by atoms with van der Waals surface area (Å²) >= 11 is 0. The first-order valence-corrected chi connectivity index (χ1v) is 31.4. The second kappa shape index (κ2) is 34.5. The molecule has 3 aromatic carbocycles. The second-order valence-electron chi connectivity index (χ2n) is 24.8. The van der Waals surface area contributed by atoms with Gasteiger partial charge in [0.05, 0.1) is 12.7 Å². The SMILES string of the molecule is Cc1cc(=O)oc2cc(N(C(=O)[C@@H](NC(=O)[C@H](CC(C)C)NC(=O)[C@H](CC(C)C)NC(=O)[C@H](Cc3cnc[nH]3)NC(=O)[C@H](Cc3ccccc3)NC(=O)[C@@H]3CCCN3C(=O)[C@H](CCCN=C(N)N)NC(=O)CCC(=O)O)C(C)C)[C@@H](Cc3ccc(O)cc3)C(N)=O)ccc12. The van der Waals surface area contributed by atoms with Crippen LogP contribution in [0.4, 0.5) is 5.69 Å². The van der Waals surface area contributed by atoms with E-state index in [1.54, 1.807) is 75.4 Å². The van der Waals surface area contributed by atoms with E-state index in [-0.39, 0.29) is 99.3 Å². The highest BCUT2D eigenvalue weighted by Gasteiger charge is 2.41. The Hall–Kier alpha value is -10.2. The smallest absolute Gasteiger partial charge is 0.336 e. The number of nitrogens with one attached hydrogen (secondary N) is 7. The number of aryl methyl sites for hydroxylation is 1. The summed E-state index contributed by atoms with van der Waals surface area (Å²) in [5, 5.41) is 36.5. The van der Waals surface area contributed by atoms with Crippen LogP contribution in [0.5, 0.6) is 5.75 Å². The van der Waals surface area contributed by atoms with E-state index in [9.17, 15) is 58.2 Å². The largest absolute Gasteiger partial charge is 0.508 e. The number of nitrogens with zero attached hydrogens (tertiary/aromatic N) is 4. The minimum atomic E-state index is -1.43. The molecule has 0 spiro atoms. The average molecular weight is 1300 g/mol. The lowest BCUT2D eigenvalue weighted by atomic mass is 9.96. The van der Waals surface area contributed by atoms with E-state index in [2.05, 4.69) is 46.9 Å². The van der Waals surface area contributed by atoms with Gasteiger partial charge in [-0.25, -0.2) is 9.78 Å². The molecule has 1 saturated heterocycles. The Bertz CT molecular complexity index is 3550. The number of aromatic amines is 1. The number of anilines is 1. The lowest BCUT2D eigenvalue weighted by Crippen LogP contribution is -2.61. The van der Waals surface area contributed by atoms with E-state index in [1.807, 2.05) is 27.7 Å². The predicted octanol–water partition coefficient (Wildman–Crippen LogP) is 2.01. The fraction of sp³-hybridized carbons (Fsp3) is 0.470. The number of guanidine groups is 1. The van der Waals surface area contributed by atoms with Crippen molar-refractivity contribution in [3.63, 3.8) is 0 Å². The summed E-state index contributed by atoms with van der Waals surface area (Å²) in [6.07, 6.45) is 2.42. The van der Waals surface area contributed by atoms with E-state index in [0.29, 0.717) is 34.2 Å². The second-order valence-corrected chi connectivity index (χ2v) is 24.8. The Morgan fingerprint density at radius 1 is 0.723 bits per heavy atom. The average Bonchev–Trinajstić information content (AvgIpc) is 0.841. The summed E-state index contributed by atoms with van der Waals surface area (Å²) in [6.45, 7) is 12.5. The number of phenolic OH excluding ortho intramolecular Hbond substituents is 1. The number of benzene rings is 3. The van der Waals surface area contributed by atoms with Crippen molar-refractivity contribution in [3.05, 3.63) is 124 Å². The van der Waals surface area contributed by atoms with Gasteiger partial charge in [-0.15, -0.1) is 0 Å². The zero-order valence-electron chi connectivity index (χ0n) is 54.0. The zero-order chi connectivity index (χ0) is 68.9. The van der Waals surface area contributed by atoms with Gasteiger partial charge >= 0.3 is 11.6 Å². The zero-order valence-corrected chi connectivity index (χ0v) is 54.0. The van der Waals surface area contributed by atoms with E-state index in [0.717, 1.165) is 4.90 Å². The molecule has 1 aliphatic rings. The first-order valence-electron chi connectivity index (χ1n) is 31.4. The minimum Gasteiger partial charge on any atom is -0.508 e. The topological polar surface area (TPSA) is 439 Å². The number of carbonyl (C=O) groups excluding carboxylic acids is 9. The number of aromatic nitrogens is 2. The molecule has 0 unspecified atom stereocenters. The number of aromatic hydroxyl groups is 1. The number of H-pyrrole nitrogens is 1. The molecule has 9 amide bonds. The molecule has 1 aliphatic heterocycles. The normalized spacial score (nSPS) is 15.2. The number of amides is 9. The fourth-order valence-electron chi connectivity index (χ4n) is 11.1. The maximum Gasteiger partial charge on any atom is 0.336 e. The molecule has 3 heterocycles. The highest BCUT2D eigenvalue weighted by Crippen LogP contribution is 2.29. The van der Waals surface area contributed by atoms with Crippen LogP contribution < -0.4 is 59.6 Å². The molecule has 2 aromatic heterocycles. The van der Waals surface area contributed by atoms with Gasteiger partial charge in [-0.2, -0.15) is 0 Å². The van der Waals surface area contributed by atoms with Gasteiger partial charge in [-0.05, 0) is 104 Å². The van der Waals surface area contributed by atoms with Gasteiger partial charge in [0.15, 0.2) is 5.96 Å². The molecule has 8 atom stereocenters. The third-order valence-electron chi connectivity index (χ3n) is 15.9. The quantitative estimate of drug-likeness (QED) is 0.0121. The van der Waals surface area contributed by atoms with E-state index in [1.165, 1.54) is 41.7 Å². The molecule has 0 bridgehead atoms. The molecule has 0 aliphatic carbocycles. The van der Waals surface area contributed by atoms with Crippen LogP contribution in [0, 0.1) is 24.7 Å². The van der Waals surface area contributed by atoms with Gasteiger partial charge in [0.1, 0.15) is 59.7 Å². The van der Waals surface area contributed by atoms with Gasteiger partial charge in [-0.3, -0.25) is 57.8 Å². The molecule has 1 fully saturated rings. The van der Waals surface area contributed by atoms with Crippen molar-refractivity contribution in [1.29, 1.82) is 0 Å². The maximum atomic E-state index is 15.3. The lowest BCUT2D eigenvalue weighted by Gasteiger charge is -2.35. The Labute approximate surface area is 544 Å². The number of aliphatic imine (C=N–C) groups is 1. The van der Waals surface area contributed by atoms with Crippen LogP contribution in [0.1, 0.15) is 115 Å². The highest BCUT2D eigenvalue weighted by atomic mass is 16.4. The monoisotopic (exact) mass is 1300 g/mol. The number of imidazole rings is 1. The third-order valence-corrected chi connectivity index (χ3v) is 15.9. The fourth-order valence-corrected chi connectivity index (χ4v) is 11.1. The van der Waals surface area contributed by atoms with Crippen LogP contribution in [-0.4, -0.2) is 152 Å². The van der Waals surface area contributed by atoms with Crippen LogP contribution in [0.3, 0.4) is 0 Å². The Kier molecular flexibility index (Phi) is 26.8. The van der Waals surface area contributed by atoms with Gasteiger partial charge in [0.2, 0.25) is 47.3 Å². The molecular formula is C66H88N14O14. The molecule has 28 heteroatoms. The van der Waals surface area contributed by atoms with E-state index >= 15 is 4.79 Å². The van der Waals surface area contributed by atoms with Crippen LogP contribution in [0.15, 0.2) is 106 Å². The number of likely N-dealkylation sites (tertiary alicyclic amines) is 1. The molecule has 15 N–H and O–H groups in total. The van der Waals surface area contributed by atoms with Crippen LogP contribution in [0.25, 0.3) is 11.0 Å². The Morgan fingerprint density at radius 2 is 1.33 bits per heavy atom. The number of carboxylic acids is 1. The summed E-state index contributed by atoms with van der Waals surface area (Å²) in [5.74, 6) is -9.49. The number of carbonyl (C=O) groups is 10. The Balaban J connectivity index is 1.25. The molecule has 0 saturated carbocycles. The number of fused-ring (bicyclic) bond motifs is 1. The van der Waals surface area contributed by atoms with Crippen LogP contribution in [0.2, 0.25) is 0 Å². The summed E-state index contributed by atoms with van der Waals surface area (Å²) in [5.41, 5.74) is 18.8. The minimum absolute atomic E-state index is 0.0355. The summed E-state index contributed by atoms with van der Waals surface area (Å²) in [4.78, 5) is 167. The van der Waals surface area contributed by atoms with Crippen LogP contribution >= 0.6 is 0 Å². The van der Waals surface area contributed by atoms with Gasteiger partial charge < -0.3 is 73.6 Å².